The summed E-state index contributed by atoms with van der Waals surface area (Å²) in [5.41, 5.74) is 0. The smallest absolute Gasteiger partial charge is 0.462 e. The molecule has 0 bridgehead atoms. The third kappa shape index (κ3) is 76.8. The third-order valence-corrected chi connectivity index (χ3v) is 22.1. The summed E-state index contributed by atoms with van der Waals surface area (Å²) < 4.78 is 68.8. The largest absolute Gasteiger partial charge is 0.472 e. The number of carbonyl (C=O) groups is 4. The molecule has 0 heterocycles. The summed E-state index contributed by atoms with van der Waals surface area (Å²) in [6, 6.07) is 0. The molecule has 104 heavy (non-hydrogen) atoms. The molecule has 3 N–H and O–H groups in total. The van der Waals surface area contributed by atoms with E-state index in [0.29, 0.717) is 31.6 Å². The Morgan fingerprint density at radius 3 is 0.683 bits per heavy atom. The van der Waals surface area contributed by atoms with Crippen molar-refractivity contribution in [3.63, 3.8) is 0 Å². The Kier molecular flexibility index (Phi) is 72.5. The van der Waals surface area contributed by atoms with E-state index in [-0.39, 0.29) is 25.7 Å². The van der Waals surface area contributed by atoms with Gasteiger partial charge in [-0.1, -0.05) is 389 Å². The number of carbonyl (C=O) groups excluding carboxylic acids is 4. The number of unbranched alkanes of at least 4 members (excludes halogenated alkanes) is 47. The monoisotopic (exact) mass is 1520 g/mol. The van der Waals surface area contributed by atoms with Crippen LogP contribution in [-0.2, 0) is 65.4 Å². The standard InChI is InChI=1S/C85H166O17P2/c1-9-78(8)64-56-48-40-32-28-29-35-43-52-60-68-85(90)102-81(72-96-83(88)66-58-50-44-36-39-47-55-63-77(6)7)74-100-104(93,94)98-70-79(86)69-97-103(91,92)99-73-80(71-95-82(87)65-57-49-41-33-26-22-18-15-14-17-21-25-31-38-46-54-62-76(4)5)101-84(89)67-59-51-42-34-27-23-19-13-11-10-12-16-20-24-30-37-45-53-61-75(2)3/h75-81,86H,9-74H2,1-8H3,(H,91,92)(H,93,94)/t78?,79?,80-,81-/m1/s1. The first-order valence-electron chi connectivity index (χ1n) is 43.7. The first-order valence-corrected chi connectivity index (χ1v) is 46.7. The van der Waals surface area contributed by atoms with Crippen molar-refractivity contribution >= 4 is 39.5 Å². The van der Waals surface area contributed by atoms with Gasteiger partial charge in [0.25, 0.3) is 0 Å². The maximum atomic E-state index is 13.1. The maximum absolute atomic E-state index is 13.1. The highest BCUT2D eigenvalue weighted by Crippen LogP contribution is 2.45. The molecule has 618 valence electrons. The van der Waals surface area contributed by atoms with Gasteiger partial charge in [-0.3, -0.25) is 37.3 Å². The van der Waals surface area contributed by atoms with Crippen LogP contribution in [0, 0.1) is 23.7 Å². The predicted octanol–water partition coefficient (Wildman–Crippen LogP) is 25.6. The molecular weight excluding hydrogens is 1350 g/mol. The fourth-order valence-electron chi connectivity index (χ4n) is 13.1. The van der Waals surface area contributed by atoms with E-state index in [0.717, 1.165) is 114 Å². The highest BCUT2D eigenvalue weighted by Gasteiger charge is 2.30. The second-order valence-electron chi connectivity index (χ2n) is 32.2. The Morgan fingerprint density at radius 1 is 0.269 bits per heavy atom. The van der Waals surface area contributed by atoms with Crippen LogP contribution in [0.4, 0.5) is 0 Å². The summed E-state index contributed by atoms with van der Waals surface area (Å²) in [5.74, 6) is 1.03. The van der Waals surface area contributed by atoms with Gasteiger partial charge in [0.1, 0.15) is 19.3 Å². The zero-order valence-corrected chi connectivity index (χ0v) is 70.5. The molecule has 0 rings (SSSR count). The van der Waals surface area contributed by atoms with Crippen LogP contribution < -0.4 is 0 Å². The lowest BCUT2D eigenvalue weighted by molar-refractivity contribution is -0.161. The summed E-state index contributed by atoms with van der Waals surface area (Å²) in [4.78, 5) is 73.1. The topological polar surface area (TPSA) is 237 Å². The Bertz CT molecular complexity index is 2030. The number of aliphatic hydroxyl groups is 1. The van der Waals surface area contributed by atoms with Crippen LogP contribution in [0.15, 0.2) is 0 Å². The summed E-state index contributed by atoms with van der Waals surface area (Å²) in [7, 11) is -9.93. The minimum Gasteiger partial charge on any atom is -0.462 e. The number of rotatable bonds is 82. The molecule has 19 heteroatoms. The van der Waals surface area contributed by atoms with Crippen molar-refractivity contribution in [3.05, 3.63) is 0 Å². The van der Waals surface area contributed by atoms with Crippen LogP contribution in [0.2, 0.25) is 0 Å². The van der Waals surface area contributed by atoms with Gasteiger partial charge < -0.3 is 33.8 Å². The molecule has 0 aromatic rings. The lowest BCUT2D eigenvalue weighted by Gasteiger charge is -2.21. The highest BCUT2D eigenvalue weighted by molar-refractivity contribution is 7.47. The molecule has 0 aromatic heterocycles. The van der Waals surface area contributed by atoms with E-state index in [2.05, 4.69) is 55.4 Å². The Morgan fingerprint density at radius 2 is 0.462 bits per heavy atom. The summed E-state index contributed by atoms with van der Waals surface area (Å²) in [6.07, 6.45) is 62.6. The van der Waals surface area contributed by atoms with E-state index in [1.54, 1.807) is 0 Å². The molecule has 0 aromatic carbocycles. The molecule has 0 spiro atoms. The van der Waals surface area contributed by atoms with Gasteiger partial charge in [-0.2, -0.15) is 0 Å². The van der Waals surface area contributed by atoms with E-state index >= 15 is 0 Å². The van der Waals surface area contributed by atoms with Crippen LogP contribution >= 0.6 is 15.6 Å². The van der Waals surface area contributed by atoms with Crippen molar-refractivity contribution in [2.45, 2.75) is 459 Å². The zero-order valence-electron chi connectivity index (χ0n) is 68.7. The van der Waals surface area contributed by atoms with Crippen molar-refractivity contribution in [2.75, 3.05) is 39.6 Å². The molecule has 6 atom stereocenters. The average molecular weight is 1520 g/mol. The van der Waals surface area contributed by atoms with Gasteiger partial charge >= 0.3 is 39.5 Å². The fourth-order valence-corrected chi connectivity index (χ4v) is 14.7. The van der Waals surface area contributed by atoms with Gasteiger partial charge in [0.2, 0.25) is 0 Å². The molecule has 0 saturated carbocycles. The summed E-state index contributed by atoms with van der Waals surface area (Å²) >= 11 is 0. The number of hydrogen-bond acceptors (Lipinski definition) is 15. The molecule has 0 fully saturated rings. The molecule has 0 aliphatic rings. The molecule has 4 unspecified atom stereocenters. The minimum absolute atomic E-state index is 0.105. The first-order chi connectivity index (χ1) is 50.1. The van der Waals surface area contributed by atoms with Gasteiger partial charge in [0.15, 0.2) is 12.2 Å². The SMILES string of the molecule is CCC(C)CCCCCCCCCCCCC(=O)O[C@H](COC(=O)CCCCCCCCCC(C)C)COP(=O)(O)OCC(O)COP(=O)(O)OC[C@@H](COC(=O)CCCCCCCCCCCCCCCCCCC(C)C)OC(=O)CCCCCCCCCCCCCCCCCCCCC(C)C. The van der Waals surface area contributed by atoms with Crippen molar-refractivity contribution < 1.29 is 80.2 Å². The van der Waals surface area contributed by atoms with Gasteiger partial charge in [-0.05, 0) is 49.4 Å². The van der Waals surface area contributed by atoms with Crippen LogP contribution in [0.5, 0.6) is 0 Å². The second kappa shape index (κ2) is 73.8. The van der Waals surface area contributed by atoms with Crippen LogP contribution in [0.25, 0.3) is 0 Å². The minimum atomic E-state index is -4.97. The molecule has 17 nitrogen and oxygen atoms in total. The van der Waals surface area contributed by atoms with Gasteiger partial charge in [0, 0.05) is 25.7 Å². The Balaban J connectivity index is 5.23. The Labute approximate surface area is 638 Å². The summed E-state index contributed by atoms with van der Waals surface area (Å²) in [6.45, 7) is 14.3. The number of hydrogen-bond donors (Lipinski definition) is 3. The van der Waals surface area contributed by atoms with E-state index in [4.69, 9.17) is 37.0 Å². The predicted molar refractivity (Wildman–Crippen MR) is 428 cm³/mol. The summed E-state index contributed by atoms with van der Waals surface area (Å²) in [5, 5.41) is 10.7. The number of phosphoric ester groups is 2. The molecule has 0 aliphatic carbocycles. The van der Waals surface area contributed by atoms with E-state index in [1.165, 1.54) is 238 Å². The average Bonchev–Trinajstić information content (AvgIpc) is 0.908. The number of phosphoric acid groups is 2. The normalized spacial score (nSPS) is 14.2. The molecule has 0 aliphatic heterocycles. The number of ether oxygens (including phenoxy) is 4. The lowest BCUT2D eigenvalue weighted by atomic mass is 9.99. The van der Waals surface area contributed by atoms with Crippen LogP contribution in [0.1, 0.15) is 441 Å². The van der Waals surface area contributed by atoms with Crippen molar-refractivity contribution in [1.82, 2.24) is 0 Å². The van der Waals surface area contributed by atoms with Crippen LogP contribution in [0.3, 0.4) is 0 Å². The van der Waals surface area contributed by atoms with E-state index < -0.39 is 97.5 Å². The molecule has 0 saturated heterocycles. The quantitative estimate of drug-likeness (QED) is 0.0222. The van der Waals surface area contributed by atoms with E-state index in [9.17, 15) is 43.2 Å². The van der Waals surface area contributed by atoms with Crippen molar-refractivity contribution in [1.29, 1.82) is 0 Å². The highest BCUT2D eigenvalue weighted by atomic mass is 31.2. The number of aliphatic hydroxyl groups excluding tert-OH is 1. The molecule has 0 amide bonds. The third-order valence-electron chi connectivity index (χ3n) is 20.2. The zero-order chi connectivity index (χ0) is 76.7. The van der Waals surface area contributed by atoms with E-state index in [1.807, 2.05) is 0 Å². The van der Waals surface area contributed by atoms with Crippen molar-refractivity contribution in [2.24, 2.45) is 23.7 Å². The van der Waals surface area contributed by atoms with Crippen molar-refractivity contribution in [3.8, 4) is 0 Å². The maximum Gasteiger partial charge on any atom is 0.472 e. The van der Waals surface area contributed by atoms with Gasteiger partial charge in [-0.15, -0.1) is 0 Å². The van der Waals surface area contributed by atoms with Gasteiger partial charge in [-0.25, -0.2) is 9.13 Å². The van der Waals surface area contributed by atoms with Gasteiger partial charge in [0.05, 0.1) is 26.4 Å². The molecule has 0 radical (unpaired) electrons. The van der Waals surface area contributed by atoms with Crippen LogP contribution in [-0.4, -0.2) is 96.7 Å². The number of esters is 4. The second-order valence-corrected chi connectivity index (χ2v) is 35.2. The molecular formula is C85H166O17P2. The fraction of sp³-hybridized carbons (Fsp3) is 0.953. The Hall–Kier alpha value is -1.94. The lowest BCUT2D eigenvalue weighted by Crippen LogP contribution is -2.30. The first kappa shape index (κ1) is 102.